The number of aryl methyl sites for hydroxylation is 1. The number of nitrogens with zero attached hydrogens (tertiary/aromatic N) is 3. The van der Waals surface area contributed by atoms with Crippen molar-refractivity contribution in [2.45, 2.75) is 26.4 Å². The second-order valence-corrected chi connectivity index (χ2v) is 7.76. The number of hydrogen-bond donors (Lipinski definition) is 2. The number of para-hydroxylation sites is 1. The minimum absolute atomic E-state index is 0.0337. The first-order chi connectivity index (χ1) is 14.5. The summed E-state index contributed by atoms with van der Waals surface area (Å²) in [5, 5.41) is 6.64. The van der Waals surface area contributed by atoms with Crippen molar-refractivity contribution in [1.29, 1.82) is 0 Å². The van der Waals surface area contributed by atoms with Gasteiger partial charge in [-0.3, -0.25) is 9.69 Å². The van der Waals surface area contributed by atoms with Gasteiger partial charge < -0.3 is 25.0 Å². The second-order valence-electron chi connectivity index (χ2n) is 7.76. The molecule has 0 bridgehead atoms. The minimum Gasteiger partial charge on any atom is -0.489 e. The van der Waals surface area contributed by atoms with Gasteiger partial charge in [-0.15, -0.1) is 0 Å². The fourth-order valence-electron chi connectivity index (χ4n) is 2.98. The molecule has 0 saturated carbocycles. The van der Waals surface area contributed by atoms with Crippen LogP contribution in [0.15, 0.2) is 29.3 Å². The molecule has 8 nitrogen and oxygen atoms in total. The zero-order chi connectivity index (χ0) is 21.8. The fourth-order valence-corrected chi connectivity index (χ4v) is 2.98. The van der Waals surface area contributed by atoms with Gasteiger partial charge in [0.1, 0.15) is 18.4 Å². The van der Waals surface area contributed by atoms with Crippen LogP contribution in [0.5, 0.6) is 5.75 Å². The van der Waals surface area contributed by atoms with Crippen LogP contribution in [-0.4, -0.2) is 94.3 Å². The van der Waals surface area contributed by atoms with Gasteiger partial charge in [-0.05, 0) is 38.4 Å². The monoisotopic (exact) mass is 419 g/mol. The molecular formula is C22H37N5O3. The van der Waals surface area contributed by atoms with Crippen molar-refractivity contribution < 1.29 is 14.3 Å². The van der Waals surface area contributed by atoms with E-state index >= 15 is 0 Å². The molecule has 1 saturated heterocycles. The summed E-state index contributed by atoms with van der Waals surface area (Å²) in [7, 11) is 3.47. The molecule has 0 aliphatic carbocycles. The Morgan fingerprint density at radius 3 is 2.70 bits per heavy atom. The standard InChI is InChI=1S/C22H37N5O3/c1-18-8-5-6-9-20(18)30-19(2)16-24-22(25-17-21(28)26(3)4)23-10-7-11-27-12-14-29-15-13-27/h5-6,8-9,19H,7,10-17H2,1-4H3,(H2,23,24,25). The number of likely N-dealkylation sites (N-methyl/N-ethyl adjacent to an activating group) is 1. The Labute approximate surface area is 180 Å². The molecule has 1 fully saturated rings. The zero-order valence-electron chi connectivity index (χ0n) is 18.8. The molecule has 168 valence electrons. The predicted molar refractivity (Wildman–Crippen MR) is 120 cm³/mol. The SMILES string of the molecule is Cc1ccccc1OC(C)CNC(=NCC(=O)N(C)C)NCCCN1CCOCC1. The average Bonchev–Trinajstić information content (AvgIpc) is 2.74. The van der Waals surface area contributed by atoms with E-state index < -0.39 is 0 Å². The lowest BCUT2D eigenvalue weighted by atomic mass is 10.2. The number of ether oxygens (including phenoxy) is 2. The van der Waals surface area contributed by atoms with Crippen LogP contribution in [0, 0.1) is 6.92 Å². The molecule has 1 aliphatic rings. The third-order valence-electron chi connectivity index (χ3n) is 4.90. The van der Waals surface area contributed by atoms with Crippen molar-refractivity contribution in [3.8, 4) is 5.75 Å². The van der Waals surface area contributed by atoms with E-state index in [-0.39, 0.29) is 18.6 Å². The van der Waals surface area contributed by atoms with Gasteiger partial charge in [0.15, 0.2) is 5.96 Å². The molecule has 1 aromatic rings. The van der Waals surface area contributed by atoms with E-state index in [9.17, 15) is 4.79 Å². The molecular weight excluding hydrogens is 382 g/mol. The first-order valence-corrected chi connectivity index (χ1v) is 10.7. The molecule has 30 heavy (non-hydrogen) atoms. The van der Waals surface area contributed by atoms with Crippen LogP contribution in [0.4, 0.5) is 0 Å². The smallest absolute Gasteiger partial charge is 0.243 e. The van der Waals surface area contributed by atoms with E-state index in [0.29, 0.717) is 12.5 Å². The Hall–Kier alpha value is -2.32. The third kappa shape index (κ3) is 9.00. The summed E-state index contributed by atoms with van der Waals surface area (Å²) in [6.45, 7) is 10.2. The minimum atomic E-state index is -0.0454. The van der Waals surface area contributed by atoms with Crippen LogP contribution in [0.25, 0.3) is 0 Å². The number of carbonyl (C=O) groups is 1. The van der Waals surface area contributed by atoms with E-state index in [1.54, 1.807) is 19.0 Å². The number of hydrogen-bond acceptors (Lipinski definition) is 5. The maximum atomic E-state index is 11.9. The summed E-state index contributed by atoms with van der Waals surface area (Å²) in [5.74, 6) is 1.48. The van der Waals surface area contributed by atoms with Gasteiger partial charge in [0.25, 0.3) is 0 Å². The van der Waals surface area contributed by atoms with Crippen LogP contribution < -0.4 is 15.4 Å². The number of guanidine groups is 1. The lowest BCUT2D eigenvalue weighted by Crippen LogP contribution is -2.44. The van der Waals surface area contributed by atoms with Gasteiger partial charge in [0, 0.05) is 33.7 Å². The van der Waals surface area contributed by atoms with Crippen LogP contribution in [0.2, 0.25) is 0 Å². The molecule has 1 unspecified atom stereocenters. The molecule has 1 aliphatic heterocycles. The highest BCUT2D eigenvalue weighted by Gasteiger charge is 2.11. The Bertz CT molecular complexity index is 674. The number of carbonyl (C=O) groups excluding carboxylic acids is 1. The quantitative estimate of drug-likeness (QED) is 0.336. The molecule has 2 rings (SSSR count). The first-order valence-electron chi connectivity index (χ1n) is 10.7. The van der Waals surface area contributed by atoms with Gasteiger partial charge in [0.2, 0.25) is 5.91 Å². The maximum absolute atomic E-state index is 11.9. The molecule has 1 atom stereocenters. The zero-order valence-corrected chi connectivity index (χ0v) is 18.8. The van der Waals surface area contributed by atoms with Crippen molar-refractivity contribution in [1.82, 2.24) is 20.4 Å². The molecule has 1 heterocycles. The fraction of sp³-hybridized carbons (Fsp3) is 0.636. The maximum Gasteiger partial charge on any atom is 0.243 e. The molecule has 0 aromatic heterocycles. The summed E-state index contributed by atoms with van der Waals surface area (Å²) in [6.07, 6.45) is 0.952. The topological polar surface area (TPSA) is 78.4 Å². The largest absolute Gasteiger partial charge is 0.489 e. The first kappa shape index (κ1) is 24.0. The molecule has 2 N–H and O–H groups in total. The number of benzene rings is 1. The van der Waals surface area contributed by atoms with Crippen molar-refractivity contribution in [3.63, 3.8) is 0 Å². The molecule has 0 radical (unpaired) electrons. The highest BCUT2D eigenvalue weighted by molar-refractivity contribution is 5.84. The van der Waals surface area contributed by atoms with E-state index in [2.05, 4.69) is 20.5 Å². The van der Waals surface area contributed by atoms with Crippen LogP contribution >= 0.6 is 0 Å². The van der Waals surface area contributed by atoms with Crippen LogP contribution in [0.1, 0.15) is 18.9 Å². The second kappa shape index (κ2) is 13.1. The Balaban J connectivity index is 1.81. The lowest BCUT2D eigenvalue weighted by molar-refractivity contribution is -0.127. The van der Waals surface area contributed by atoms with Crippen molar-refractivity contribution >= 4 is 11.9 Å². The van der Waals surface area contributed by atoms with E-state index in [1.165, 1.54) is 0 Å². The van der Waals surface area contributed by atoms with Crippen LogP contribution in [0.3, 0.4) is 0 Å². The van der Waals surface area contributed by atoms with Crippen molar-refractivity contribution in [2.24, 2.45) is 4.99 Å². The van der Waals surface area contributed by atoms with Gasteiger partial charge in [-0.25, -0.2) is 4.99 Å². The Kier molecular flexibility index (Phi) is 10.4. The Morgan fingerprint density at radius 2 is 2.00 bits per heavy atom. The van der Waals surface area contributed by atoms with E-state index in [0.717, 1.165) is 57.1 Å². The van der Waals surface area contributed by atoms with Crippen molar-refractivity contribution in [3.05, 3.63) is 29.8 Å². The summed E-state index contributed by atoms with van der Waals surface area (Å²) >= 11 is 0. The summed E-state index contributed by atoms with van der Waals surface area (Å²) < 4.78 is 11.4. The molecule has 1 amide bonds. The lowest BCUT2D eigenvalue weighted by Gasteiger charge is -2.26. The summed E-state index contributed by atoms with van der Waals surface area (Å²) in [4.78, 5) is 20.3. The van der Waals surface area contributed by atoms with E-state index in [1.807, 2.05) is 38.1 Å². The highest BCUT2D eigenvalue weighted by Crippen LogP contribution is 2.17. The molecule has 8 heteroatoms. The average molecular weight is 420 g/mol. The van der Waals surface area contributed by atoms with Gasteiger partial charge >= 0.3 is 0 Å². The summed E-state index contributed by atoms with van der Waals surface area (Å²) in [5.41, 5.74) is 1.11. The summed E-state index contributed by atoms with van der Waals surface area (Å²) in [6, 6.07) is 7.97. The number of nitrogens with one attached hydrogen (secondary N) is 2. The highest BCUT2D eigenvalue weighted by atomic mass is 16.5. The van der Waals surface area contributed by atoms with Gasteiger partial charge in [-0.1, -0.05) is 18.2 Å². The van der Waals surface area contributed by atoms with Crippen LogP contribution in [-0.2, 0) is 9.53 Å². The van der Waals surface area contributed by atoms with Gasteiger partial charge in [-0.2, -0.15) is 0 Å². The van der Waals surface area contributed by atoms with Crippen molar-refractivity contribution in [2.75, 3.05) is 66.6 Å². The number of aliphatic imine (C=N–C) groups is 1. The van der Waals surface area contributed by atoms with Gasteiger partial charge in [0.05, 0.1) is 19.8 Å². The molecule has 0 spiro atoms. The number of rotatable bonds is 10. The van der Waals surface area contributed by atoms with E-state index in [4.69, 9.17) is 9.47 Å². The number of morpholine rings is 1. The number of amides is 1. The predicted octanol–water partition coefficient (Wildman–Crippen LogP) is 1.11. The molecule has 1 aromatic carbocycles. The normalized spacial score (nSPS) is 16.1. The Morgan fingerprint density at radius 1 is 1.27 bits per heavy atom. The third-order valence-corrected chi connectivity index (χ3v) is 4.90.